The highest BCUT2D eigenvalue weighted by atomic mass is 16.4. The number of aromatic carboxylic acids is 1. The Labute approximate surface area is 124 Å². The van der Waals surface area contributed by atoms with Crippen LogP contribution in [0.4, 0.5) is 0 Å². The first kappa shape index (κ1) is 15.5. The van der Waals surface area contributed by atoms with Gasteiger partial charge in [-0.3, -0.25) is 4.79 Å². The molecule has 1 fully saturated rings. The van der Waals surface area contributed by atoms with Gasteiger partial charge in [-0.25, -0.2) is 4.79 Å². The average molecular weight is 291 g/mol. The van der Waals surface area contributed by atoms with Crippen LogP contribution >= 0.6 is 0 Å². The molecular formula is C16H21NO4. The molecule has 1 aromatic rings. The zero-order valence-electron chi connectivity index (χ0n) is 12.0. The van der Waals surface area contributed by atoms with Crippen molar-refractivity contribution in [3.8, 4) is 0 Å². The normalized spacial score (nSPS) is 17.2. The third-order valence-electron chi connectivity index (χ3n) is 4.12. The molecule has 21 heavy (non-hydrogen) atoms. The van der Waals surface area contributed by atoms with E-state index in [2.05, 4.69) is 5.32 Å². The van der Waals surface area contributed by atoms with Crippen LogP contribution in [-0.4, -0.2) is 34.2 Å². The highest BCUT2D eigenvalue weighted by Crippen LogP contribution is 2.27. The zero-order chi connectivity index (χ0) is 15.3. The van der Waals surface area contributed by atoms with E-state index in [1.165, 1.54) is 6.07 Å². The summed E-state index contributed by atoms with van der Waals surface area (Å²) in [7, 11) is 0. The fourth-order valence-corrected chi connectivity index (χ4v) is 2.95. The van der Waals surface area contributed by atoms with Gasteiger partial charge in [0.25, 0.3) is 0 Å². The number of carbonyl (C=O) groups is 2. The van der Waals surface area contributed by atoms with Gasteiger partial charge in [0, 0.05) is 0 Å². The first-order valence-corrected chi connectivity index (χ1v) is 7.29. The highest BCUT2D eigenvalue weighted by molar-refractivity contribution is 5.91. The lowest BCUT2D eigenvalue weighted by Crippen LogP contribution is -2.53. The lowest BCUT2D eigenvalue weighted by molar-refractivity contribution is -0.123. The predicted octanol–water partition coefficient (Wildman–Crippen LogP) is 1.74. The van der Waals surface area contributed by atoms with Crippen molar-refractivity contribution >= 4 is 11.9 Å². The van der Waals surface area contributed by atoms with Crippen LogP contribution in [0.25, 0.3) is 0 Å². The molecule has 0 unspecified atom stereocenters. The van der Waals surface area contributed by atoms with E-state index in [0.29, 0.717) is 5.56 Å². The fourth-order valence-electron chi connectivity index (χ4n) is 2.95. The van der Waals surface area contributed by atoms with Crippen LogP contribution in [0.15, 0.2) is 24.3 Å². The smallest absolute Gasteiger partial charge is 0.335 e. The Morgan fingerprint density at radius 3 is 2.43 bits per heavy atom. The van der Waals surface area contributed by atoms with Crippen LogP contribution in [-0.2, 0) is 11.2 Å². The Balaban J connectivity index is 2.06. The van der Waals surface area contributed by atoms with E-state index in [-0.39, 0.29) is 24.5 Å². The Hall–Kier alpha value is -1.88. The SMILES string of the molecule is O=C(Cc1ccccc1C(=O)O)NC1(CO)CCCCC1. The van der Waals surface area contributed by atoms with Gasteiger partial charge in [-0.1, -0.05) is 37.5 Å². The number of hydrogen-bond donors (Lipinski definition) is 3. The van der Waals surface area contributed by atoms with E-state index in [0.717, 1.165) is 32.1 Å². The number of carbonyl (C=O) groups excluding carboxylic acids is 1. The highest BCUT2D eigenvalue weighted by Gasteiger charge is 2.32. The molecule has 2 rings (SSSR count). The molecule has 1 amide bonds. The minimum absolute atomic E-state index is 0.0181. The van der Waals surface area contributed by atoms with E-state index in [1.54, 1.807) is 18.2 Å². The summed E-state index contributed by atoms with van der Waals surface area (Å²) >= 11 is 0. The summed E-state index contributed by atoms with van der Waals surface area (Å²) in [5.41, 5.74) is 0.105. The molecule has 0 saturated heterocycles. The summed E-state index contributed by atoms with van der Waals surface area (Å²) in [5.74, 6) is -1.27. The van der Waals surface area contributed by atoms with Gasteiger partial charge in [0.15, 0.2) is 0 Å². The lowest BCUT2D eigenvalue weighted by atomic mass is 9.82. The Bertz CT molecular complexity index is 521. The number of aliphatic hydroxyl groups is 1. The first-order valence-electron chi connectivity index (χ1n) is 7.29. The van der Waals surface area contributed by atoms with Crippen molar-refractivity contribution in [2.24, 2.45) is 0 Å². The van der Waals surface area contributed by atoms with E-state index in [9.17, 15) is 14.7 Å². The van der Waals surface area contributed by atoms with Crippen LogP contribution in [0.5, 0.6) is 0 Å². The summed E-state index contributed by atoms with van der Waals surface area (Å²) in [6.45, 7) is -0.0701. The van der Waals surface area contributed by atoms with Gasteiger partial charge in [0.2, 0.25) is 5.91 Å². The molecule has 3 N–H and O–H groups in total. The number of nitrogens with one attached hydrogen (secondary N) is 1. The third-order valence-corrected chi connectivity index (χ3v) is 4.12. The molecule has 0 spiro atoms. The number of aliphatic hydroxyl groups excluding tert-OH is 1. The van der Waals surface area contributed by atoms with Gasteiger partial charge < -0.3 is 15.5 Å². The van der Waals surface area contributed by atoms with E-state index in [1.807, 2.05) is 0 Å². The molecule has 0 aromatic heterocycles. The van der Waals surface area contributed by atoms with Gasteiger partial charge >= 0.3 is 5.97 Å². The quantitative estimate of drug-likeness (QED) is 0.771. The van der Waals surface area contributed by atoms with Crippen LogP contribution in [0, 0.1) is 0 Å². The maximum atomic E-state index is 12.2. The topological polar surface area (TPSA) is 86.6 Å². The minimum Gasteiger partial charge on any atom is -0.478 e. The molecule has 0 aliphatic heterocycles. The standard InChI is InChI=1S/C16H21NO4/c18-11-16(8-4-1-5-9-16)17-14(19)10-12-6-2-3-7-13(12)15(20)21/h2-3,6-7,18H,1,4-5,8-11H2,(H,17,19)(H,20,21). The maximum Gasteiger partial charge on any atom is 0.335 e. The molecule has 0 atom stereocenters. The van der Waals surface area contributed by atoms with Crippen molar-refractivity contribution in [2.75, 3.05) is 6.61 Å². The van der Waals surface area contributed by atoms with E-state index < -0.39 is 11.5 Å². The summed E-state index contributed by atoms with van der Waals surface area (Å²) in [6.07, 6.45) is 4.68. The van der Waals surface area contributed by atoms with Gasteiger partial charge in [-0.2, -0.15) is 0 Å². The van der Waals surface area contributed by atoms with E-state index >= 15 is 0 Å². The maximum absolute atomic E-state index is 12.2. The van der Waals surface area contributed by atoms with Gasteiger partial charge in [-0.15, -0.1) is 0 Å². The molecule has 1 aliphatic rings. The number of amides is 1. The van der Waals surface area contributed by atoms with Crippen LogP contribution < -0.4 is 5.32 Å². The zero-order valence-corrected chi connectivity index (χ0v) is 12.0. The number of carboxylic acids is 1. The second-order valence-corrected chi connectivity index (χ2v) is 5.69. The molecule has 114 valence electrons. The number of hydrogen-bond acceptors (Lipinski definition) is 3. The minimum atomic E-state index is -1.03. The molecule has 1 saturated carbocycles. The summed E-state index contributed by atoms with van der Waals surface area (Å²) in [6, 6.07) is 6.50. The molecule has 0 radical (unpaired) electrons. The second kappa shape index (κ2) is 6.72. The summed E-state index contributed by atoms with van der Waals surface area (Å²) < 4.78 is 0. The number of benzene rings is 1. The molecule has 5 nitrogen and oxygen atoms in total. The van der Waals surface area contributed by atoms with Gasteiger partial charge in [0.1, 0.15) is 0 Å². The van der Waals surface area contributed by atoms with Gasteiger partial charge in [-0.05, 0) is 24.5 Å². The fraction of sp³-hybridized carbons (Fsp3) is 0.500. The Morgan fingerprint density at radius 2 is 1.81 bits per heavy atom. The summed E-state index contributed by atoms with van der Waals surface area (Å²) in [5, 5.41) is 21.6. The van der Waals surface area contributed by atoms with Crippen molar-refractivity contribution in [2.45, 2.75) is 44.1 Å². The number of rotatable bonds is 5. The molecule has 0 bridgehead atoms. The van der Waals surface area contributed by atoms with Gasteiger partial charge in [0.05, 0.1) is 24.1 Å². The van der Waals surface area contributed by atoms with Crippen molar-refractivity contribution in [1.29, 1.82) is 0 Å². The summed E-state index contributed by atoms with van der Waals surface area (Å²) in [4.78, 5) is 23.3. The molecule has 0 heterocycles. The monoisotopic (exact) mass is 291 g/mol. The first-order chi connectivity index (χ1) is 10.1. The largest absolute Gasteiger partial charge is 0.478 e. The average Bonchev–Trinajstić information content (AvgIpc) is 2.48. The molecule has 5 heteroatoms. The predicted molar refractivity (Wildman–Crippen MR) is 78.1 cm³/mol. The Morgan fingerprint density at radius 1 is 1.14 bits per heavy atom. The van der Waals surface area contributed by atoms with Crippen molar-refractivity contribution in [1.82, 2.24) is 5.32 Å². The Kier molecular flexibility index (Phi) is 4.96. The molecule has 1 aromatic carbocycles. The molecular weight excluding hydrogens is 270 g/mol. The van der Waals surface area contributed by atoms with Crippen LogP contribution in [0.1, 0.15) is 48.0 Å². The molecule has 1 aliphatic carbocycles. The van der Waals surface area contributed by atoms with E-state index in [4.69, 9.17) is 5.11 Å². The van der Waals surface area contributed by atoms with Crippen LogP contribution in [0.2, 0.25) is 0 Å². The van der Waals surface area contributed by atoms with Crippen molar-refractivity contribution in [3.63, 3.8) is 0 Å². The lowest BCUT2D eigenvalue weighted by Gasteiger charge is -2.36. The third kappa shape index (κ3) is 3.82. The second-order valence-electron chi connectivity index (χ2n) is 5.69. The van der Waals surface area contributed by atoms with Crippen LogP contribution in [0.3, 0.4) is 0 Å². The number of carboxylic acid groups (broad SMARTS) is 1. The van der Waals surface area contributed by atoms with Crippen molar-refractivity contribution in [3.05, 3.63) is 35.4 Å². The van der Waals surface area contributed by atoms with Crippen molar-refractivity contribution < 1.29 is 19.8 Å².